The Bertz CT molecular complexity index is 151. The van der Waals surface area contributed by atoms with Crippen molar-refractivity contribution in [3.63, 3.8) is 0 Å². The fraction of sp³-hybridized carbons (Fsp3) is 1.00. The van der Waals surface area contributed by atoms with Crippen LogP contribution in [-0.2, 0) is 0 Å². The van der Waals surface area contributed by atoms with Gasteiger partial charge < -0.3 is 4.90 Å². The van der Waals surface area contributed by atoms with Crippen molar-refractivity contribution < 1.29 is 4.90 Å². The minimum Gasteiger partial charge on any atom is -0.328 e. The van der Waals surface area contributed by atoms with E-state index in [0.29, 0.717) is 11.0 Å². The molecule has 1 aliphatic heterocycles. The molecule has 1 aliphatic rings. The molecule has 0 aliphatic carbocycles. The van der Waals surface area contributed by atoms with Crippen LogP contribution in [0.2, 0.25) is 0 Å². The summed E-state index contributed by atoms with van der Waals surface area (Å²) in [5.41, 5.74) is 0.896. The predicted octanol–water partition coefficient (Wildman–Crippen LogP) is 1.88. The van der Waals surface area contributed by atoms with Crippen LogP contribution >= 0.6 is 0 Å². The molecule has 1 N–H and O–H groups in total. The lowest BCUT2D eigenvalue weighted by atomic mass is 9.83. The van der Waals surface area contributed by atoms with Crippen molar-refractivity contribution in [2.75, 3.05) is 6.54 Å². The monoisotopic (exact) mass is 184 g/mol. The first-order chi connectivity index (χ1) is 5.73. The average molecular weight is 184 g/mol. The third kappa shape index (κ3) is 2.46. The van der Waals surface area contributed by atoms with Crippen molar-refractivity contribution in [1.82, 2.24) is 0 Å². The molecule has 0 aromatic carbocycles. The smallest absolute Gasteiger partial charge is 0.0929 e. The minimum atomic E-state index is 0.425. The summed E-state index contributed by atoms with van der Waals surface area (Å²) in [4.78, 5) is 1.81. The van der Waals surface area contributed by atoms with Crippen LogP contribution in [0.15, 0.2) is 0 Å². The highest BCUT2D eigenvalue weighted by atomic mass is 15.2. The molecule has 0 saturated carbocycles. The molecule has 13 heavy (non-hydrogen) atoms. The predicted molar refractivity (Wildman–Crippen MR) is 58.1 cm³/mol. The first kappa shape index (κ1) is 11.0. The number of hydrogen-bond acceptors (Lipinski definition) is 0. The Balaban J connectivity index is 2.76. The molecule has 0 radical (unpaired) electrons. The maximum Gasteiger partial charge on any atom is 0.0929 e. The molecule has 0 bridgehead atoms. The van der Waals surface area contributed by atoms with Crippen LogP contribution < -0.4 is 4.90 Å². The standard InChI is InChI=1S/C12H25N/c1-11(2,3)10-8-7-9-13(10)12(4,5)6/h10H,7-9H2,1-6H3/p+1. The summed E-state index contributed by atoms with van der Waals surface area (Å²) in [6, 6.07) is 0.854. The van der Waals surface area contributed by atoms with Gasteiger partial charge >= 0.3 is 0 Å². The minimum absolute atomic E-state index is 0.425. The summed E-state index contributed by atoms with van der Waals surface area (Å²) in [7, 11) is 0. The number of likely N-dealkylation sites (tertiary alicyclic amines) is 1. The lowest BCUT2D eigenvalue weighted by Crippen LogP contribution is -3.21. The second-order valence-corrected chi connectivity index (χ2v) is 6.59. The molecule has 2 unspecified atom stereocenters. The maximum absolute atomic E-state index is 2.38. The Hall–Kier alpha value is -0.0400. The summed E-state index contributed by atoms with van der Waals surface area (Å²) in [6.45, 7) is 15.6. The molecule has 0 spiro atoms. The van der Waals surface area contributed by atoms with Gasteiger partial charge in [-0.05, 0) is 20.8 Å². The van der Waals surface area contributed by atoms with Crippen LogP contribution in [0.5, 0.6) is 0 Å². The number of quaternary nitrogens is 1. The van der Waals surface area contributed by atoms with E-state index >= 15 is 0 Å². The number of nitrogens with one attached hydrogen (secondary N) is 1. The highest BCUT2D eigenvalue weighted by molar-refractivity contribution is 4.79. The third-order valence-corrected chi connectivity index (χ3v) is 3.37. The summed E-state index contributed by atoms with van der Waals surface area (Å²) in [5.74, 6) is 0. The Kier molecular flexibility index (Phi) is 2.78. The Morgan fingerprint density at radius 3 is 1.85 bits per heavy atom. The van der Waals surface area contributed by atoms with E-state index in [9.17, 15) is 0 Å². The van der Waals surface area contributed by atoms with Crippen molar-refractivity contribution in [2.24, 2.45) is 5.41 Å². The van der Waals surface area contributed by atoms with Crippen LogP contribution in [-0.4, -0.2) is 18.1 Å². The topological polar surface area (TPSA) is 4.44 Å². The molecular formula is C12H26N+. The highest BCUT2D eigenvalue weighted by Crippen LogP contribution is 2.24. The van der Waals surface area contributed by atoms with Crippen molar-refractivity contribution >= 4 is 0 Å². The van der Waals surface area contributed by atoms with Gasteiger partial charge in [-0.2, -0.15) is 0 Å². The van der Waals surface area contributed by atoms with E-state index in [-0.39, 0.29) is 0 Å². The zero-order valence-electron chi connectivity index (χ0n) is 10.2. The quantitative estimate of drug-likeness (QED) is 0.586. The van der Waals surface area contributed by atoms with Crippen molar-refractivity contribution in [1.29, 1.82) is 0 Å². The van der Waals surface area contributed by atoms with Crippen molar-refractivity contribution in [3.05, 3.63) is 0 Å². The Morgan fingerprint density at radius 1 is 1.00 bits per heavy atom. The van der Waals surface area contributed by atoms with E-state index in [1.807, 2.05) is 0 Å². The first-order valence-electron chi connectivity index (χ1n) is 5.59. The van der Waals surface area contributed by atoms with Gasteiger partial charge in [0.2, 0.25) is 0 Å². The van der Waals surface area contributed by atoms with E-state index in [1.165, 1.54) is 19.4 Å². The highest BCUT2D eigenvalue weighted by Gasteiger charge is 2.43. The summed E-state index contributed by atoms with van der Waals surface area (Å²) < 4.78 is 0. The van der Waals surface area contributed by atoms with E-state index in [0.717, 1.165) is 6.04 Å². The van der Waals surface area contributed by atoms with Gasteiger partial charge in [-0.1, -0.05) is 20.8 Å². The van der Waals surface area contributed by atoms with Gasteiger partial charge in [0.15, 0.2) is 0 Å². The van der Waals surface area contributed by atoms with Crippen LogP contribution in [0.25, 0.3) is 0 Å². The van der Waals surface area contributed by atoms with Gasteiger partial charge in [0, 0.05) is 18.3 Å². The second-order valence-electron chi connectivity index (χ2n) is 6.59. The average Bonchev–Trinajstić information content (AvgIpc) is 2.27. The first-order valence-corrected chi connectivity index (χ1v) is 5.59. The largest absolute Gasteiger partial charge is 0.328 e. The van der Waals surface area contributed by atoms with Gasteiger partial charge in [0.25, 0.3) is 0 Å². The molecule has 1 heterocycles. The van der Waals surface area contributed by atoms with E-state index in [4.69, 9.17) is 0 Å². The van der Waals surface area contributed by atoms with Gasteiger partial charge in [-0.3, -0.25) is 0 Å². The fourth-order valence-corrected chi connectivity index (χ4v) is 2.70. The normalized spacial score (nSPS) is 30.9. The fourth-order valence-electron chi connectivity index (χ4n) is 2.70. The van der Waals surface area contributed by atoms with Crippen LogP contribution in [0.1, 0.15) is 54.4 Å². The maximum atomic E-state index is 2.38. The molecule has 1 rings (SSSR count). The van der Waals surface area contributed by atoms with E-state index < -0.39 is 0 Å². The Morgan fingerprint density at radius 2 is 1.54 bits per heavy atom. The molecule has 1 heteroatoms. The zero-order chi connectivity index (χ0) is 10.3. The molecule has 2 atom stereocenters. The summed E-state index contributed by atoms with van der Waals surface area (Å²) >= 11 is 0. The van der Waals surface area contributed by atoms with Crippen LogP contribution in [0, 0.1) is 5.41 Å². The third-order valence-electron chi connectivity index (χ3n) is 3.37. The van der Waals surface area contributed by atoms with Gasteiger partial charge in [-0.15, -0.1) is 0 Å². The molecule has 1 nitrogen and oxygen atoms in total. The lowest BCUT2D eigenvalue weighted by molar-refractivity contribution is -0.964. The van der Waals surface area contributed by atoms with Gasteiger partial charge in [0.1, 0.15) is 0 Å². The molecular weight excluding hydrogens is 158 g/mol. The molecule has 1 fully saturated rings. The van der Waals surface area contributed by atoms with Crippen LogP contribution in [0.4, 0.5) is 0 Å². The molecule has 78 valence electrons. The number of rotatable bonds is 0. The van der Waals surface area contributed by atoms with E-state index in [1.54, 1.807) is 4.90 Å². The summed E-state index contributed by atoms with van der Waals surface area (Å²) in [6.07, 6.45) is 2.82. The van der Waals surface area contributed by atoms with Gasteiger partial charge in [0.05, 0.1) is 18.1 Å². The molecule has 0 aromatic rings. The van der Waals surface area contributed by atoms with E-state index in [2.05, 4.69) is 41.5 Å². The van der Waals surface area contributed by atoms with Crippen molar-refractivity contribution in [3.8, 4) is 0 Å². The zero-order valence-corrected chi connectivity index (χ0v) is 10.2. The Labute approximate surface area is 83.5 Å². The molecule has 0 amide bonds. The lowest BCUT2D eigenvalue weighted by Gasteiger charge is -2.39. The SMILES string of the molecule is CC(C)(C)C1CCC[NH+]1C(C)(C)C. The van der Waals surface area contributed by atoms with Crippen molar-refractivity contribution in [2.45, 2.75) is 66.0 Å². The second kappa shape index (κ2) is 3.27. The van der Waals surface area contributed by atoms with Crippen LogP contribution in [0.3, 0.4) is 0 Å². The molecule has 0 aromatic heterocycles. The number of hydrogen-bond donors (Lipinski definition) is 1. The van der Waals surface area contributed by atoms with Gasteiger partial charge in [-0.25, -0.2) is 0 Å². The molecule has 1 saturated heterocycles. The summed E-state index contributed by atoms with van der Waals surface area (Å²) in [5, 5.41) is 0.